The summed E-state index contributed by atoms with van der Waals surface area (Å²) in [5.74, 6) is -1.15. The van der Waals surface area contributed by atoms with Crippen molar-refractivity contribution >= 4 is 5.97 Å². The van der Waals surface area contributed by atoms with Crippen LogP contribution in [0.25, 0.3) is 0 Å². The summed E-state index contributed by atoms with van der Waals surface area (Å²) >= 11 is 0. The molecule has 0 fully saturated rings. The SMILES string of the molecule is N#Cc1ccc(C(=O)O)nn1. The van der Waals surface area contributed by atoms with Crippen molar-refractivity contribution in [3.63, 3.8) is 0 Å². The minimum absolute atomic E-state index is 0.106. The summed E-state index contributed by atoms with van der Waals surface area (Å²) in [5.41, 5.74) is -0.0565. The van der Waals surface area contributed by atoms with E-state index in [1.165, 1.54) is 12.1 Å². The fourth-order valence-electron chi connectivity index (χ4n) is 0.506. The van der Waals surface area contributed by atoms with Gasteiger partial charge in [0, 0.05) is 0 Å². The molecule has 1 rings (SSSR count). The zero-order valence-corrected chi connectivity index (χ0v) is 5.35. The predicted molar refractivity (Wildman–Crippen MR) is 33.7 cm³/mol. The van der Waals surface area contributed by atoms with E-state index in [2.05, 4.69) is 10.2 Å². The molecule has 11 heavy (non-hydrogen) atoms. The van der Waals surface area contributed by atoms with E-state index in [4.69, 9.17) is 10.4 Å². The van der Waals surface area contributed by atoms with Crippen LogP contribution < -0.4 is 0 Å². The van der Waals surface area contributed by atoms with Gasteiger partial charge < -0.3 is 5.11 Å². The molecule has 1 aromatic heterocycles. The van der Waals surface area contributed by atoms with Crippen molar-refractivity contribution in [2.75, 3.05) is 0 Å². The Labute approximate surface area is 61.9 Å². The summed E-state index contributed by atoms with van der Waals surface area (Å²) in [5, 5.41) is 23.2. The lowest BCUT2D eigenvalue weighted by Crippen LogP contribution is -2.01. The minimum atomic E-state index is -1.15. The molecule has 0 saturated carbocycles. The maximum absolute atomic E-state index is 10.2. The third kappa shape index (κ3) is 1.49. The van der Waals surface area contributed by atoms with Gasteiger partial charge in [0.15, 0.2) is 11.4 Å². The first kappa shape index (κ1) is 7.15. The Morgan fingerprint density at radius 2 is 2.27 bits per heavy atom. The van der Waals surface area contributed by atoms with E-state index in [0.29, 0.717) is 0 Å². The lowest BCUT2D eigenvalue weighted by Gasteiger charge is -1.89. The summed E-state index contributed by atoms with van der Waals surface area (Å²) in [4.78, 5) is 10.2. The van der Waals surface area contributed by atoms with E-state index >= 15 is 0 Å². The molecule has 0 unspecified atom stereocenters. The Morgan fingerprint density at radius 3 is 2.64 bits per heavy atom. The zero-order valence-electron chi connectivity index (χ0n) is 5.35. The highest BCUT2D eigenvalue weighted by Gasteiger charge is 2.03. The summed E-state index contributed by atoms with van der Waals surface area (Å²) in [7, 11) is 0. The number of aromatic carboxylic acids is 1. The number of carboxylic acids is 1. The summed E-state index contributed by atoms with van der Waals surface area (Å²) in [6.07, 6.45) is 0. The molecule has 0 aliphatic rings. The minimum Gasteiger partial charge on any atom is -0.476 e. The van der Waals surface area contributed by atoms with Crippen LogP contribution in [0.3, 0.4) is 0 Å². The maximum Gasteiger partial charge on any atom is 0.356 e. The van der Waals surface area contributed by atoms with Gasteiger partial charge in [0.25, 0.3) is 0 Å². The van der Waals surface area contributed by atoms with Gasteiger partial charge in [-0.25, -0.2) is 4.79 Å². The number of aromatic nitrogens is 2. The van der Waals surface area contributed by atoms with Crippen LogP contribution in [0.5, 0.6) is 0 Å². The normalized spacial score (nSPS) is 8.64. The second-order valence-electron chi connectivity index (χ2n) is 1.72. The van der Waals surface area contributed by atoms with Crippen LogP contribution in [0.4, 0.5) is 0 Å². The molecular formula is C6H3N3O2. The fraction of sp³-hybridized carbons (Fsp3) is 0. The molecule has 5 heteroatoms. The standard InChI is InChI=1S/C6H3N3O2/c7-3-4-1-2-5(6(10)11)9-8-4/h1-2H,(H,10,11). The van der Waals surface area contributed by atoms with E-state index in [1.54, 1.807) is 6.07 Å². The van der Waals surface area contributed by atoms with Gasteiger partial charge in [-0.15, -0.1) is 10.2 Å². The van der Waals surface area contributed by atoms with Crippen molar-refractivity contribution in [3.05, 3.63) is 23.5 Å². The third-order valence-electron chi connectivity index (χ3n) is 0.998. The Morgan fingerprint density at radius 1 is 1.55 bits per heavy atom. The van der Waals surface area contributed by atoms with Gasteiger partial charge >= 0.3 is 5.97 Å². The lowest BCUT2D eigenvalue weighted by atomic mass is 10.3. The van der Waals surface area contributed by atoms with Crippen LogP contribution in [0.1, 0.15) is 16.2 Å². The molecular weight excluding hydrogens is 146 g/mol. The molecule has 1 N–H and O–H groups in total. The number of hydrogen-bond donors (Lipinski definition) is 1. The average Bonchev–Trinajstić information content (AvgIpc) is 2.05. The van der Waals surface area contributed by atoms with Gasteiger partial charge in [0.2, 0.25) is 0 Å². The van der Waals surface area contributed by atoms with Crippen LogP contribution in [0, 0.1) is 11.3 Å². The maximum atomic E-state index is 10.2. The second kappa shape index (κ2) is 2.75. The number of carbonyl (C=O) groups is 1. The molecule has 0 radical (unpaired) electrons. The lowest BCUT2D eigenvalue weighted by molar-refractivity contribution is 0.0689. The number of nitriles is 1. The van der Waals surface area contributed by atoms with E-state index in [1.807, 2.05) is 0 Å². The Balaban J connectivity index is 3.03. The summed E-state index contributed by atoms with van der Waals surface area (Å²) in [6, 6.07) is 4.26. The Kier molecular flexibility index (Phi) is 1.79. The summed E-state index contributed by atoms with van der Waals surface area (Å²) in [6.45, 7) is 0. The number of rotatable bonds is 1. The van der Waals surface area contributed by atoms with Gasteiger partial charge in [-0.3, -0.25) is 0 Å². The zero-order chi connectivity index (χ0) is 8.27. The molecule has 54 valence electrons. The number of carboxylic acid groups (broad SMARTS) is 1. The van der Waals surface area contributed by atoms with Crippen molar-refractivity contribution < 1.29 is 9.90 Å². The van der Waals surface area contributed by atoms with Crippen LogP contribution >= 0.6 is 0 Å². The topological polar surface area (TPSA) is 86.9 Å². The van der Waals surface area contributed by atoms with Gasteiger partial charge in [0.05, 0.1) is 0 Å². The number of hydrogen-bond acceptors (Lipinski definition) is 4. The van der Waals surface area contributed by atoms with Crippen LogP contribution in [-0.4, -0.2) is 21.3 Å². The molecule has 0 saturated heterocycles. The van der Waals surface area contributed by atoms with Crippen molar-refractivity contribution in [3.8, 4) is 6.07 Å². The molecule has 0 aromatic carbocycles. The smallest absolute Gasteiger partial charge is 0.356 e. The highest BCUT2D eigenvalue weighted by atomic mass is 16.4. The summed E-state index contributed by atoms with van der Waals surface area (Å²) < 4.78 is 0. The molecule has 1 aromatic rings. The average molecular weight is 149 g/mol. The Bertz CT molecular complexity index is 312. The highest BCUT2D eigenvalue weighted by molar-refractivity contribution is 5.84. The molecule has 0 amide bonds. The van der Waals surface area contributed by atoms with Crippen LogP contribution in [0.2, 0.25) is 0 Å². The Hall–Kier alpha value is -1.96. The molecule has 0 aliphatic heterocycles. The third-order valence-corrected chi connectivity index (χ3v) is 0.998. The quantitative estimate of drug-likeness (QED) is 0.609. The molecule has 0 aliphatic carbocycles. The number of nitrogens with zero attached hydrogens (tertiary/aromatic N) is 3. The molecule has 0 spiro atoms. The molecule has 1 heterocycles. The van der Waals surface area contributed by atoms with Gasteiger partial charge in [-0.05, 0) is 12.1 Å². The van der Waals surface area contributed by atoms with E-state index in [-0.39, 0.29) is 11.4 Å². The van der Waals surface area contributed by atoms with Crippen LogP contribution in [-0.2, 0) is 0 Å². The van der Waals surface area contributed by atoms with Gasteiger partial charge in [-0.2, -0.15) is 5.26 Å². The van der Waals surface area contributed by atoms with Crippen LogP contribution in [0.15, 0.2) is 12.1 Å². The first-order valence-electron chi connectivity index (χ1n) is 2.71. The van der Waals surface area contributed by atoms with E-state index in [0.717, 1.165) is 0 Å². The van der Waals surface area contributed by atoms with Crippen molar-refractivity contribution in [2.45, 2.75) is 0 Å². The van der Waals surface area contributed by atoms with Crippen molar-refractivity contribution in [2.24, 2.45) is 0 Å². The van der Waals surface area contributed by atoms with Crippen molar-refractivity contribution in [1.29, 1.82) is 5.26 Å². The first-order chi connectivity index (χ1) is 5.24. The van der Waals surface area contributed by atoms with Gasteiger partial charge in [-0.1, -0.05) is 0 Å². The first-order valence-corrected chi connectivity index (χ1v) is 2.71. The molecule has 5 nitrogen and oxygen atoms in total. The molecule has 0 atom stereocenters. The predicted octanol–water partition coefficient (Wildman–Crippen LogP) is 0.0465. The second-order valence-corrected chi connectivity index (χ2v) is 1.72. The van der Waals surface area contributed by atoms with Crippen molar-refractivity contribution in [1.82, 2.24) is 10.2 Å². The van der Waals surface area contributed by atoms with Gasteiger partial charge in [0.1, 0.15) is 6.07 Å². The highest BCUT2D eigenvalue weighted by Crippen LogP contribution is 1.93. The monoisotopic (exact) mass is 149 g/mol. The fourth-order valence-corrected chi connectivity index (χ4v) is 0.506. The van der Waals surface area contributed by atoms with E-state index in [9.17, 15) is 4.79 Å². The van der Waals surface area contributed by atoms with E-state index < -0.39 is 5.97 Å². The largest absolute Gasteiger partial charge is 0.476 e. The molecule has 0 bridgehead atoms.